The summed E-state index contributed by atoms with van der Waals surface area (Å²) in [5.41, 5.74) is 3.37. The Morgan fingerprint density at radius 3 is 2.79 bits per heavy atom. The van der Waals surface area contributed by atoms with Crippen LogP contribution < -0.4 is 0 Å². The number of piperidine rings is 1. The Kier molecular flexibility index (Phi) is 5.84. The van der Waals surface area contributed by atoms with Crippen LogP contribution in [0.3, 0.4) is 0 Å². The summed E-state index contributed by atoms with van der Waals surface area (Å²) in [6, 6.07) is 17.2. The Morgan fingerprint density at radius 2 is 2.00 bits per heavy atom. The van der Waals surface area contributed by atoms with Crippen molar-refractivity contribution in [3.63, 3.8) is 0 Å². The maximum Gasteiger partial charge on any atom is 0.254 e. The number of carbonyl (C=O) groups excluding carboxylic acids is 1. The highest BCUT2D eigenvalue weighted by molar-refractivity contribution is 5.95. The van der Waals surface area contributed by atoms with Crippen LogP contribution in [0, 0.1) is 0 Å². The van der Waals surface area contributed by atoms with Gasteiger partial charge < -0.3 is 10.0 Å². The van der Waals surface area contributed by atoms with Crippen LogP contribution in [0.5, 0.6) is 5.75 Å². The summed E-state index contributed by atoms with van der Waals surface area (Å²) < 4.78 is 0. The lowest BCUT2D eigenvalue weighted by Crippen LogP contribution is -2.44. The van der Waals surface area contributed by atoms with Gasteiger partial charge in [-0.15, -0.1) is 0 Å². The summed E-state index contributed by atoms with van der Waals surface area (Å²) in [4.78, 5) is 24.0. The average molecular weight is 387 g/mol. The second-order valence-electron chi connectivity index (χ2n) is 7.49. The van der Waals surface area contributed by atoms with Crippen molar-refractivity contribution in [2.75, 3.05) is 6.54 Å². The molecule has 5 nitrogen and oxygen atoms in total. The van der Waals surface area contributed by atoms with Crippen LogP contribution in [-0.4, -0.2) is 38.5 Å². The van der Waals surface area contributed by atoms with Crippen LogP contribution in [0.15, 0.2) is 67.0 Å². The number of hydrogen-bond acceptors (Lipinski definition) is 4. The second-order valence-corrected chi connectivity index (χ2v) is 7.49. The van der Waals surface area contributed by atoms with Crippen LogP contribution in [0.4, 0.5) is 0 Å². The molecular weight excluding hydrogens is 362 g/mol. The molecule has 3 aromatic rings. The predicted molar refractivity (Wildman–Crippen MR) is 113 cm³/mol. The number of aryl methyl sites for hydroxylation is 1. The smallest absolute Gasteiger partial charge is 0.254 e. The van der Waals surface area contributed by atoms with E-state index in [9.17, 15) is 9.90 Å². The van der Waals surface area contributed by atoms with Crippen molar-refractivity contribution in [2.24, 2.45) is 0 Å². The molecule has 5 heteroatoms. The molecule has 1 amide bonds. The Labute approximate surface area is 171 Å². The zero-order chi connectivity index (χ0) is 20.1. The highest BCUT2D eigenvalue weighted by Crippen LogP contribution is 2.25. The van der Waals surface area contributed by atoms with E-state index < -0.39 is 0 Å². The lowest BCUT2D eigenvalue weighted by Gasteiger charge is -2.36. The average Bonchev–Trinajstić information content (AvgIpc) is 2.79. The van der Waals surface area contributed by atoms with Crippen LogP contribution in [0.25, 0.3) is 11.3 Å². The minimum Gasteiger partial charge on any atom is -0.506 e. The Hall–Kier alpha value is -3.21. The number of rotatable bonds is 5. The van der Waals surface area contributed by atoms with E-state index in [2.05, 4.69) is 9.97 Å². The molecule has 0 unspecified atom stereocenters. The fourth-order valence-electron chi connectivity index (χ4n) is 3.96. The quantitative estimate of drug-likeness (QED) is 0.701. The van der Waals surface area contributed by atoms with Gasteiger partial charge in [-0.25, -0.2) is 0 Å². The van der Waals surface area contributed by atoms with Gasteiger partial charge in [-0.3, -0.25) is 14.8 Å². The van der Waals surface area contributed by atoms with E-state index in [4.69, 9.17) is 0 Å². The van der Waals surface area contributed by atoms with Crippen molar-refractivity contribution < 1.29 is 9.90 Å². The van der Waals surface area contributed by atoms with Crippen molar-refractivity contribution in [3.8, 4) is 17.0 Å². The third kappa shape index (κ3) is 4.62. The molecule has 1 atom stereocenters. The van der Waals surface area contributed by atoms with Gasteiger partial charge in [-0.2, -0.15) is 0 Å². The second kappa shape index (κ2) is 8.86. The van der Waals surface area contributed by atoms with Gasteiger partial charge in [-0.1, -0.05) is 18.2 Å². The first-order valence-corrected chi connectivity index (χ1v) is 10.2. The molecule has 0 saturated carbocycles. The standard InChI is InChI=1S/C24H25N3O2/c28-22-12-13-23(26-17-22)18-6-5-7-19(16-18)24(29)27-15-4-2-9-21(27)11-10-20-8-1-3-14-25-20/h1,3,5-8,12-14,16-17,21,28H,2,4,9-11,15H2/t21-/m1/s1. The summed E-state index contributed by atoms with van der Waals surface area (Å²) >= 11 is 0. The molecule has 3 heterocycles. The number of nitrogens with zero attached hydrogens (tertiary/aromatic N) is 3. The molecule has 148 valence electrons. The largest absolute Gasteiger partial charge is 0.506 e. The van der Waals surface area contributed by atoms with Gasteiger partial charge in [0.1, 0.15) is 5.75 Å². The summed E-state index contributed by atoms with van der Waals surface area (Å²) in [7, 11) is 0. The SMILES string of the molecule is O=C(c1cccc(-c2ccc(O)cn2)c1)N1CCCC[C@@H]1CCc1ccccn1. The highest BCUT2D eigenvalue weighted by atomic mass is 16.3. The molecule has 1 N–H and O–H groups in total. The molecule has 1 aromatic carbocycles. The molecule has 1 fully saturated rings. The van der Waals surface area contributed by atoms with Crippen molar-refractivity contribution in [3.05, 3.63) is 78.2 Å². The minimum absolute atomic E-state index is 0.0800. The molecular formula is C24H25N3O2. The molecule has 1 saturated heterocycles. The Morgan fingerprint density at radius 1 is 1.07 bits per heavy atom. The first kappa shape index (κ1) is 19.1. The normalized spacial score (nSPS) is 16.6. The topological polar surface area (TPSA) is 66.3 Å². The van der Waals surface area contributed by atoms with E-state index in [1.807, 2.05) is 53.6 Å². The predicted octanol–water partition coefficient (Wildman–Crippen LogP) is 4.48. The van der Waals surface area contributed by atoms with Crippen LogP contribution in [0.1, 0.15) is 41.7 Å². The molecule has 0 spiro atoms. The molecule has 29 heavy (non-hydrogen) atoms. The zero-order valence-electron chi connectivity index (χ0n) is 16.4. The monoisotopic (exact) mass is 387 g/mol. The summed E-state index contributed by atoms with van der Waals surface area (Å²) in [5, 5.41) is 9.45. The molecule has 0 aliphatic carbocycles. The maximum atomic E-state index is 13.3. The Balaban J connectivity index is 1.50. The summed E-state index contributed by atoms with van der Waals surface area (Å²) in [5.74, 6) is 0.210. The van der Waals surface area contributed by atoms with E-state index in [-0.39, 0.29) is 17.7 Å². The van der Waals surface area contributed by atoms with Gasteiger partial charge in [0.15, 0.2) is 0 Å². The molecule has 1 aliphatic heterocycles. The third-order valence-corrected chi connectivity index (χ3v) is 5.50. The van der Waals surface area contributed by atoms with Crippen molar-refractivity contribution in [2.45, 2.75) is 38.1 Å². The number of pyridine rings is 2. The van der Waals surface area contributed by atoms with Gasteiger partial charge >= 0.3 is 0 Å². The van der Waals surface area contributed by atoms with Crippen molar-refractivity contribution >= 4 is 5.91 Å². The zero-order valence-corrected chi connectivity index (χ0v) is 16.4. The van der Waals surface area contributed by atoms with Crippen molar-refractivity contribution in [1.82, 2.24) is 14.9 Å². The van der Waals surface area contributed by atoms with E-state index in [1.165, 1.54) is 6.20 Å². The van der Waals surface area contributed by atoms with E-state index >= 15 is 0 Å². The summed E-state index contributed by atoms with van der Waals surface area (Å²) in [6.45, 7) is 0.799. The van der Waals surface area contributed by atoms with E-state index in [0.717, 1.165) is 55.6 Å². The number of likely N-dealkylation sites (tertiary alicyclic amines) is 1. The highest BCUT2D eigenvalue weighted by Gasteiger charge is 2.27. The van der Waals surface area contributed by atoms with Gasteiger partial charge in [-0.05, 0) is 68.5 Å². The van der Waals surface area contributed by atoms with Crippen LogP contribution >= 0.6 is 0 Å². The number of carbonyl (C=O) groups is 1. The van der Waals surface area contributed by atoms with Gasteiger partial charge in [0.25, 0.3) is 5.91 Å². The molecule has 4 rings (SSSR count). The van der Waals surface area contributed by atoms with Gasteiger partial charge in [0.05, 0.1) is 11.9 Å². The fraction of sp³-hybridized carbons (Fsp3) is 0.292. The molecule has 0 bridgehead atoms. The van der Waals surface area contributed by atoms with Crippen molar-refractivity contribution in [1.29, 1.82) is 0 Å². The minimum atomic E-state index is 0.0800. The van der Waals surface area contributed by atoms with E-state index in [1.54, 1.807) is 12.1 Å². The maximum absolute atomic E-state index is 13.3. The third-order valence-electron chi connectivity index (χ3n) is 5.50. The first-order chi connectivity index (χ1) is 14.2. The summed E-state index contributed by atoms with van der Waals surface area (Å²) in [6.07, 6.45) is 8.30. The van der Waals surface area contributed by atoms with Gasteiger partial charge in [0, 0.05) is 35.6 Å². The van der Waals surface area contributed by atoms with Gasteiger partial charge in [0.2, 0.25) is 0 Å². The molecule has 0 radical (unpaired) electrons. The molecule has 1 aliphatic rings. The Bertz CT molecular complexity index is 957. The number of aromatic nitrogens is 2. The number of amides is 1. The van der Waals surface area contributed by atoms with E-state index in [0.29, 0.717) is 5.56 Å². The lowest BCUT2D eigenvalue weighted by molar-refractivity contribution is 0.0601. The first-order valence-electron chi connectivity index (χ1n) is 10.2. The lowest BCUT2D eigenvalue weighted by atomic mass is 9.95. The number of aromatic hydroxyl groups is 1. The fourth-order valence-corrected chi connectivity index (χ4v) is 3.96. The number of benzene rings is 1. The molecule has 2 aromatic heterocycles. The van der Waals surface area contributed by atoms with Crippen LogP contribution in [0.2, 0.25) is 0 Å². The number of hydrogen-bond donors (Lipinski definition) is 1. The van der Waals surface area contributed by atoms with Crippen LogP contribution in [-0.2, 0) is 6.42 Å².